The van der Waals surface area contributed by atoms with E-state index < -0.39 is 5.97 Å². The number of nitrogens with zero attached hydrogens (tertiary/aromatic N) is 1. The van der Waals surface area contributed by atoms with Crippen molar-refractivity contribution < 1.29 is 14.7 Å². The molecule has 116 valence electrons. The third-order valence-corrected chi connectivity index (χ3v) is 3.57. The summed E-state index contributed by atoms with van der Waals surface area (Å²) in [6.45, 7) is 7.74. The molecule has 0 aliphatic rings. The van der Waals surface area contributed by atoms with Gasteiger partial charge in [0.15, 0.2) is 0 Å². The van der Waals surface area contributed by atoms with Crippen LogP contribution in [0.4, 0.5) is 5.69 Å². The number of nitrogens with one attached hydrogen (secondary N) is 1. The van der Waals surface area contributed by atoms with Gasteiger partial charge in [0.1, 0.15) is 0 Å². The molecule has 1 amide bonds. The summed E-state index contributed by atoms with van der Waals surface area (Å²) >= 11 is 0. The quantitative estimate of drug-likeness (QED) is 0.810. The highest BCUT2D eigenvalue weighted by Crippen LogP contribution is 2.16. The lowest BCUT2D eigenvalue weighted by Crippen LogP contribution is -2.42. The first-order valence-corrected chi connectivity index (χ1v) is 7.16. The molecule has 0 fully saturated rings. The van der Waals surface area contributed by atoms with Gasteiger partial charge in [-0.25, -0.2) is 0 Å². The molecular formula is C16H24N2O3. The van der Waals surface area contributed by atoms with Crippen LogP contribution in [0, 0.1) is 13.8 Å². The maximum absolute atomic E-state index is 12.1. The number of hydrogen-bond acceptors (Lipinski definition) is 3. The highest BCUT2D eigenvalue weighted by Gasteiger charge is 2.19. The van der Waals surface area contributed by atoms with E-state index in [-0.39, 0.29) is 25.0 Å². The molecule has 0 heterocycles. The van der Waals surface area contributed by atoms with Gasteiger partial charge in [0.05, 0.1) is 13.1 Å². The first-order valence-electron chi connectivity index (χ1n) is 7.16. The molecule has 1 unspecified atom stereocenters. The Bertz CT molecular complexity index is 514. The van der Waals surface area contributed by atoms with Crippen LogP contribution in [0.25, 0.3) is 0 Å². The second kappa shape index (κ2) is 7.78. The van der Waals surface area contributed by atoms with E-state index in [0.29, 0.717) is 0 Å². The largest absolute Gasteiger partial charge is 0.480 e. The van der Waals surface area contributed by atoms with Gasteiger partial charge >= 0.3 is 5.97 Å². The SMILES string of the molecule is CCC(C)N(CC(=O)O)CC(=O)Nc1cc(C)ccc1C. The molecule has 1 aromatic carbocycles. The zero-order chi connectivity index (χ0) is 16.0. The van der Waals surface area contributed by atoms with Gasteiger partial charge in [-0.3, -0.25) is 14.5 Å². The summed E-state index contributed by atoms with van der Waals surface area (Å²) in [5, 5.41) is 11.8. The van der Waals surface area contributed by atoms with Crippen molar-refractivity contribution in [1.29, 1.82) is 0 Å². The highest BCUT2D eigenvalue weighted by atomic mass is 16.4. The molecule has 0 aliphatic heterocycles. The van der Waals surface area contributed by atoms with Gasteiger partial charge in [-0.05, 0) is 44.4 Å². The molecule has 0 aromatic heterocycles. The summed E-state index contributed by atoms with van der Waals surface area (Å²) in [6.07, 6.45) is 0.796. The van der Waals surface area contributed by atoms with Gasteiger partial charge in [-0.1, -0.05) is 19.1 Å². The number of anilines is 1. The van der Waals surface area contributed by atoms with Crippen LogP contribution in [0.1, 0.15) is 31.4 Å². The standard InChI is InChI=1S/C16H24N2O3/c1-5-13(4)18(10-16(20)21)9-15(19)17-14-8-11(2)6-7-12(14)3/h6-8,13H,5,9-10H2,1-4H3,(H,17,19)(H,20,21). The maximum Gasteiger partial charge on any atom is 0.317 e. The van der Waals surface area contributed by atoms with E-state index >= 15 is 0 Å². The number of aryl methyl sites for hydroxylation is 2. The molecule has 1 aromatic rings. The van der Waals surface area contributed by atoms with Crippen molar-refractivity contribution in [2.75, 3.05) is 18.4 Å². The molecule has 0 spiro atoms. The molecular weight excluding hydrogens is 268 g/mol. The molecule has 0 saturated heterocycles. The topological polar surface area (TPSA) is 69.6 Å². The Kier molecular flexibility index (Phi) is 6.37. The Morgan fingerprint density at radius 2 is 1.95 bits per heavy atom. The average molecular weight is 292 g/mol. The van der Waals surface area contributed by atoms with Crippen molar-refractivity contribution in [3.63, 3.8) is 0 Å². The minimum Gasteiger partial charge on any atom is -0.480 e. The smallest absolute Gasteiger partial charge is 0.317 e. The molecule has 21 heavy (non-hydrogen) atoms. The monoisotopic (exact) mass is 292 g/mol. The van der Waals surface area contributed by atoms with Gasteiger partial charge in [0, 0.05) is 11.7 Å². The number of rotatable bonds is 7. The minimum atomic E-state index is -0.921. The number of carboxylic acid groups (broad SMARTS) is 1. The van der Waals surface area contributed by atoms with Crippen LogP contribution in [0.5, 0.6) is 0 Å². The number of carbonyl (C=O) groups excluding carboxylic acids is 1. The van der Waals surface area contributed by atoms with Crippen molar-refractivity contribution in [3.8, 4) is 0 Å². The van der Waals surface area contributed by atoms with Crippen LogP contribution in [0.2, 0.25) is 0 Å². The van der Waals surface area contributed by atoms with Crippen molar-refractivity contribution in [2.45, 2.75) is 40.2 Å². The first kappa shape index (κ1) is 17.2. The molecule has 1 atom stereocenters. The highest BCUT2D eigenvalue weighted by molar-refractivity contribution is 5.93. The molecule has 0 saturated carbocycles. The Morgan fingerprint density at radius 3 is 2.52 bits per heavy atom. The van der Waals surface area contributed by atoms with Crippen LogP contribution in [-0.2, 0) is 9.59 Å². The van der Waals surface area contributed by atoms with E-state index in [1.165, 1.54) is 0 Å². The fourth-order valence-electron chi connectivity index (χ4n) is 2.04. The normalized spacial score (nSPS) is 12.2. The molecule has 1 rings (SSSR count). The van der Waals surface area contributed by atoms with Crippen LogP contribution >= 0.6 is 0 Å². The molecule has 0 aliphatic carbocycles. The van der Waals surface area contributed by atoms with Crippen LogP contribution in [0.3, 0.4) is 0 Å². The summed E-state index contributed by atoms with van der Waals surface area (Å²) in [4.78, 5) is 24.7. The van der Waals surface area contributed by atoms with Gasteiger partial charge < -0.3 is 10.4 Å². The van der Waals surface area contributed by atoms with Crippen molar-refractivity contribution in [3.05, 3.63) is 29.3 Å². The van der Waals surface area contributed by atoms with Crippen molar-refractivity contribution >= 4 is 17.6 Å². The first-order chi connectivity index (χ1) is 9.83. The second-order valence-corrected chi connectivity index (χ2v) is 5.42. The lowest BCUT2D eigenvalue weighted by molar-refractivity contribution is -0.139. The lowest BCUT2D eigenvalue weighted by Gasteiger charge is -2.26. The number of hydrogen-bond donors (Lipinski definition) is 2. The van der Waals surface area contributed by atoms with Crippen LogP contribution in [-0.4, -0.2) is 41.0 Å². The lowest BCUT2D eigenvalue weighted by atomic mass is 10.1. The number of amides is 1. The third-order valence-electron chi connectivity index (χ3n) is 3.57. The molecule has 0 radical (unpaired) electrons. The number of carbonyl (C=O) groups is 2. The Morgan fingerprint density at radius 1 is 1.29 bits per heavy atom. The number of carboxylic acids is 1. The Balaban J connectivity index is 2.73. The Labute approximate surface area is 126 Å². The summed E-state index contributed by atoms with van der Waals surface area (Å²) in [5.74, 6) is -1.11. The van der Waals surface area contributed by atoms with Crippen molar-refractivity contribution in [1.82, 2.24) is 4.90 Å². The second-order valence-electron chi connectivity index (χ2n) is 5.42. The van der Waals surface area contributed by atoms with E-state index in [2.05, 4.69) is 5.32 Å². The molecule has 2 N–H and O–H groups in total. The maximum atomic E-state index is 12.1. The summed E-state index contributed by atoms with van der Waals surface area (Å²) in [7, 11) is 0. The van der Waals surface area contributed by atoms with E-state index in [9.17, 15) is 9.59 Å². The zero-order valence-electron chi connectivity index (χ0n) is 13.1. The van der Waals surface area contributed by atoms with Gasteiger partial charge in [-0.15, -0.1) is 0 Å². The van der Waals surface area contributed by atoms with Crippen LogP contribution < -0.4 is 5.32 Å². The van der Waals surface area contributed by atoms with E-state index in [4.69, 9.17) is 5.11 Å². The van der Waals surface area contributed by atoms with E-state index in [1.807, 2.05) is 45.9 Å². The van der Waals surface area contributed by atoms with Gasteiger partial charge in [-0.2, -0.15) is 0 Å². The minimum absolute atomic E-state index is 0.0467. The van der Waals surface area contributed by atoms with Crippen LogP contribution in [0.15, 0.2) is 18.2 Å². The fourth-order valence-corrected chi connectivity index (χ4v) is 2.04. The predicted molar refractivity (Wildman–Crippen MR) is 83.5 cm³/mol. The predicted octanol–water partition coefficient (Wildman–Crippen LogP) is 2.43. The molecule has 0 bridgehead atoms. The summed E-state index contributed by atoms with van der Waals surface area (Å²) in [5.41, 5.74) is 2.84. The fraction of sp³-hybridized carbons (Fsp3) is 0.500. The summed E-state index contributed by atoms with van der Waals surface area (Å²) in [6, 6.07) is 5.90. The van der Waals surface area contributed by atoms with Crippen molar-refractivity contribution in [2.24, 2.45) is 0 Å². The van der Waals surface area contributed by atoms with Gasteiger partial charge in [0.2, 0.25) is 5.91 Å². The average Bonchev–Trinajstić information content (AvgIpc) is 2.40. The molecule has 5 nitrogen and oxygen atoms in total. The third kappa shape index (κ3) is 5.55. The Hall–Kier alpha value is -1.88. The zero-order valence-corrected chi connectivity index (χ0v) is 13.1. The van der Waals surface area contributed by atoms with E-state index in [1.54, 1.807) is 4.90 Å². The molecule has 5 heteroatoms. The van der Waals surface area contributed by atoms with E-state index in [0.717, 1.165) is 23.2 Å². The number of aliphatic carboxylic acids is 1. The number of benzene rings is 1. The van der Waals surface area contributed by atoms with Gasteiger partial charge in [0.25, 0.3) is 0 Å². The summed E-state index contributed by atoms with van der Waals surface area (Å²) < 4.78 is 0.